The maximum Gasteiger partial charge on any atom is 0.154 e. The van der Waals surface area contributed by atoms with Crippen LogP contribution in [0.15, 0.2) is 0 Å². The van der Waals surface area contributed by atoms with Crippen LogP contribution in [0.3, 0.4) is 0 Å². The van der Waals surface area contributed by atoms with Crippen molar-refractivity contribution in [3.8, 4) is 0 Å². The average molecular weight is 201 g/mol. The lowest BCUT2D eigenvalue weighted by Gasteiger charge is -2.12. The van der Waals surface area contributed by atoms with Crippen molar-refractivity contribution in [2.24, 2.45) is 0 Å². The first-order valence-electron chi connectivity index (χ1n) is 5.01. The molecular weight excluding hydrogens is 184 g/mol. The van der Waals surface area contributed by atoms with Gasteiger partial charge < -0.3 is 0 Å². The van der Waals surface area contributed by atoms with Crippen molar-refractivity contribution in [1.29, 1.82) is 0 Å². The fourth-order valence-corrected chi connectivity index (χ4v) is 1.81. The summed E-state index contributed by atoms with van der Waals surface area (Å²) in [7, 11) is 0. The Balaban J connectivity index is 0.000000396. The summed E-state index contributed by atoms with van der Waals surface area (Å²) in [6, 6.07) is 0. The van der Waals surface area contributed by atoms with Gasteiger partial charge in [0.25, 0.3) is 0 Å². The largest absolute Gasteiger partial charge is 0.268 e. The molecule has 1 aromatic heterocycles. The van der Waals surface area contributed by atoms with Gasteiger partial charge in [-0.15, -0.1) is 0 Å². The molecule has 0 unspecified atom stereocenters. The predicted octanol–water partition coefficient (Wildman–Crippen LogP) is 3.21. The second kappa shape index (κ2) is 4.66. The predicted molar refractivity (Wildman–Crippen MR) is 56.3 cm³/mol. The Kier molecular flexibility index (Phi) is 3.79. The number of aromatic nitrogens is 2. The van der Waals surface area contributed by atoms with Gasteiger partial charge in [0.05, 0.1) is 0 Å². The van der Waals surface area contributed by atoms with Gasteiger partial charge in [-0.1, -0.05) is 25.4 Å². The van der Waals surface area contributed by atoms with Crippen molar-refractivity contribution in [3.63, 3.8) is 0 Å². The molecule has 0 saturated heterocycles. The summed E-state index contributed by atoms with van der Waals surface area (Å²) < 4.78 is 2.04. The molecule has 2 heterocycles. The van der Waals surface area contributed by atoms with E-state index in [1.165, 1.54) is 24.1 Å². The van der Waals surface area contributed by atoms with Crippen LogP contribution in [0.1, 0.15) is 37.9 Å². The molecule has 0 atom stereocenters. The summed E-state index contributed by atoms with van der Waals surface area (Å²) in [5.41, 5.74) is 2.51. The molecule has 0 aromatic carbocycles. The Bertz CT molecular complexity index is 279. The highest BCUT2D eigenvalue weighted by atomic mass is 35.5. The van der Waals surface area contributed by atoms with Crippen LogP contribution in [0, 0.1) is 6.92 Å². The molecule has 0 saturated carbocycles. The highest BCUT2D eigenvalue weighted by Crippen LogP contribution is 2.23. The Hall–Kier alpha value is -0.500. The number of aryl methyl sites for hydroxylation is 1. The quantitative estimate of drug-likeness (QED) is 0.629. The van der Waals surface area contributed by atoms with E-state index in [4.69, 9.17) is 11.6 Å². The van der Waals surface area contributed by atoms with Gasteiger partial charge in [-0.25, -0.2) is 0 Å². The minimum Gasteiger partial charge on any atom is -0.268 e. The highest BCUT2D eigenvalue weighted by Gasteiger charge is 2.15. The van der Waals surface area contributed by atoms with Crippen LogP contribution in [0.5, 0.6) is 0 Å². The van der Waals surface area contributed by atoms with Gasteiger partial charge >= 0.3 is 0 Å². The Morgan fingerprint density at radius 2 is 2.00 bits per heavy atom. The van der Waals surface area contributed by atoms with E-state index in [9.17, 15) is 0 Å². The number of halogens is 1. The van der Waals surface area contributed by atoms with Gasteiger partial charge in [-0.2, -0.15) is 5.10 Å². The molecular formula is C10H17ClN2. The van der Waals surface area contributed by atoms with Gasteiger partial charge in [-0.3, -0.25) is 4.68 Å². The molecule has 3 heteroatoms. The minimum atomic E-state index is 0.682. The Labute approximate surface area is 84.9 Å². The van der Waals surface area contributed by atoms with Crippen LogP contribution in [-0.2, 0) is 13.0 Å². The fraction of sp³-hybridized carbons (Fsp3) is 0.700. The van der Waals surface area contributed by atoms with Crippen LogP contribution < -0.4 is 0 Å². The molecule has 74 valence electrons. The lowest BCUT2D eigenvalue weighted by Crippen LogP contribution is -2.11. The molecule has 0 radical (unpaired) electrons. The van der Waals surface area contributed by atoms with E-state index in [0.29, 0.717) is 5.15 Å². The molecule has 0 spiro atoms. The summed E-state index contributed by atoms with van der Waals surface area (Å²) in [4.78, 5) is 0. The second-order valence-corrected chi connectivity index (χ2v) is 3.40. The van der Waals surface area contributed by atoms with E-state index in [1.54, 1.807) is 0 Å². The van der Waals surface area contributed by atoms with Crippen molar-refractivity contribution in [2.75, 3.05) is 0 Å². The molecule has 0 N–H and O–H groups in total. The van der Waals surface area contributed by atoms with Crippen molar-refractivity contribution in [3.05, 3.63) is 16.4 Å². The zero-order valence-corrected chi connectivity index (χ0v) is 9.36. The minimum absolute atomic E-state index is 0.682. The molecule has 0 bridgehead atoms. The molecule has 1 aliphatic heterocycles. The van der Waals surface area contributed by atoms with Crippen LogP contribution >= 0.6 is 11.6 Å². The van der Waals surface area contributed by atoms with Crippen molar-refractivity contribution >= 4 is 11.6 Å². The monoisotopic (exact) mass is 200 g/mol. The molecule has 0 aliphatic carbocycles. The van der Waals surface area contributed by atoms with Crippen molar-refractivity contribution < 1.29 is 0 Å². The van der Waals surface area contributed by atoms with Gasteiger partial charge in [0.1, 0.15) is 0 Å². The number of hydrogen-bond donors (Lipinski definition) is 0. The van der Waals surface area contributed by atoms with Crippen molar-refractivity contribution in [1.82, 2.24) is 9.78 Å². The van der Waals surface area contributed by atoms with Crippen LogP contribution in [-0.4, -0.2) is 9.78 Å². The van der Waals surface area contributed by atoms with Crippen LogP contribution in [0.4, 0.5) is 0 Å². The molecule has 1 aliphatic rings. The first-order valence-corrected chi connectivity index (χ1v) is 5.38. The Morgan fingerprint density at radius 1 is 1.31 bits per heavy atom. The number of nitrogens with zero attached hydrogens (tertiary/aromatic N) is 2. The standard InChI is InChI=1S/C8H11ClN2.C2H6/c1-6-7-4-2-3-5-11(7)10-8(6)9;1-2/h2-5H2,1H3;1-2H3. The number of hydrogen-bond acceptors (Lipinski definition) is 1. The topological polar surface area (TPSA) is 17.8 Å². The SMILES string of the molecule is CC.Cc1c(Cl)nn2c1CCCC2. The first kappa shape index (κ1) is 10.6. The first-order chi connectivity index (χ1) is 6.29. The highest BCUT2D eigenvalue weighted by molar-refractivity contribution is 6.30. The maximum atomic E-state index is 5.89. The molecule has 2 nitrogen and oxygen atoms in total. The smallest absolute Gasteiger partial charge is 0.154 e. The summed E-state index contributed by atoms with van der Waals surface area (Å²) >= 11 is 5.89. The molecule has 0 fully saturated rings. The molecule has 13 heavy (non-hydrogen) atoms. The average Bonchev–Trinajstić information content (AvgIpc) is 2.47. The number of fused-ring (bicyclic) bond motifs is 1. The number of rotatable bonds is 0. The van der Waals surface area contributed by atoms with E-state index >= 15 is 0 Å². The van der Waals surface area contributed by atoms with Gasteiger partial charge in [0.15, 0.2) is 5.15 Å². The zero-order chi connectivity index (χ0) is 9.84. The third kappa shape index (κ3) is 2.05. The lowest BCUT2D eigenvalue weighted by atomic mass is 10.1. The fourth-order valence-electron chi connectivity index (χ4n) is 1.61. The van der Waals surface area contributed by atoms with Crippen LogP contribution in [0.2, 0.25) is 5.15 Å². The van der Waals surface area contributed by atoms with Crippen molar-refractivity contribution in [2.45, 2.75) is 46.6 Å². The van der Waals surface area contributed by atoms with Gasteiger partial charge in [-0.05, 0) is 26.2 Å². The summed E-state index contributed by atoms with van der Waals surface area (Å²) in [6.07, 6.45) is 3.67. The molecule has 1 aromatic rings. The lowest BCUT2D eigenvalue weighted by molar-refractivity contribution is 0.485. The van der Waals surface area contributed by atoms with Crippen LogP contribution in [0.25, 0.3) is 0 Å². The second-order valence-electron chi connectivity index (χ2n) is 3.04. The van der Waals surface area contributed by atoms with Gasteiger partial charge in [0, 0.05) is 17.8 Å². The third-order valence-corrected chi connectivity index (χ3v) is 2.65. The summed E-state index contributed by atoms with van der Waals surface area (Å²) in [5, 5.41) is 4.92. The van der Waals surface area contributed by atoms with E-state index in [2.05, 4.69) is 5.10 Å². The van der Waals surface area contributed by atoms with E-state index in [0.717, 1.165) is 13.0 Å². The normalized spacial score (nSPS) is 14.5. The maximum absolute atomic E-state index is 5.89. The third-order valence-electron chi connectivity index (χ3n) is 2.30. The summed E-state index contributed by atoms with van der Waals surface area (Å²) in [6.45, 7) is 7.09. The molecule has 0 amide bonds. The zero-order valence-electron chi connectivity index (χ0n) is 8.60. The van der Waals surface area contributed by atoms with E-state index in [-0.39, 0.29) is 0 Å². The summed E-state index contributed by atoms with van der Waals surface area (Å²) in [5.74, 6) is 0. The Morgan fingerprint density at radius 3 is 2.62 bits per heavy atom. The van der Waals surface area contributed by atoms with E-state index < -0.39 is 0 Å². The molecule has 2 rings (SSSR count). The van der Waals surface area contributed by atoms with E-state index in [1.807, 2.05) is 25.5 Å². The van der Waals surface area contributed by atoms with Gasteiger partial charge in [0.2, 0.25) is 0 Å².